The van der Waals surface area contributed by atoms with Crippen LogP contribution in [0.1, 0.15) is 5.56 Å². The van der Waals surface area contributed by atoms with Gasteiger partial charge in [0.25, 0.3) is 0 Å². The molecule has 0 saturated heterocycles. The second kappa shape index (κ2) is 4.86. The molecular formula is C15H13ClN2O. The number of rotatable bonds is 3. The Bertz CT molecular complexity index is 721. The van der Waals surface area contributed by atoms with E-state index in [1.54, 1.807) is 18.2 Å². The van der Waals surface area contributed by atoms with Crippen LogP contribution >= 0.6 is 11.6 Å². The molecule has 96 valence electrons. The molecule has 0 aliphatic carbocycles. The molecule has 0 aliphatic rings. The van der Waals surface area contributed by atoms with Crippen molar-refractivity contribution in [3.8, 4) is 5.75 Å². The van der Waals surface area contributed by atoms with Gasteiger partial charge in [-0.05, 0) is 47.3 Å². The normalized spacial score (nSPS) is 10.8. The van der Waals surface area contributed by atoms with Crippen LogP contribution in [0, 0.1) is 0 Å². The molecule has 0 spiro atoms. The largest absolute Gasteiger partial charge is 0.506 e. The first-order valence-corrected chi connectivity index (χ1v) is 6.38. The maximum absolute atomic E-state index is 9.36. The van der Waals surface area contributed by atoms with Crippen molar-refractivity contribution in [3.05, 3.63) is 59.2 Å². The number of halogens is 1. The van der Waals surface area contributed by atoms with Crippen molar-refractivity contribution in [3.63, 3.8) is 0 Å². The number of aromatic nitrogens is 1. The Kier molecular flexibility index (Phi) is 3.05. The fraction of sp³-hybridized carbons (Fsp3) is 0.0667. The molecule has 4 heteroatoms. The number of phenols is 1. The third-order valence-electron chi connectivity index (χ3n) is 3.06. The van der Waals surface area contributed by atoms with Crippen LogP contribution in [0.2, 0.25) is 5.02 Å². The molecule has 1 heterocycles. The van der Waals surface area contributed by atoms with Gasteiger partial charge < -0.3 is 15.4 Å². The van der Waals surface area contributed by atoms with Gasteiger partial charge in [-0.2, -0.15) is 0 Å². The van der Waals surface area contributed by atoms with Crippen molar-refractivity contribution in [1.29, 1.82) is 0 Å². The molecule has 0 unspecified atom stereocenters. The van der Waals surface area contributed by atoms with Gasteiger partial charge >= 0.3 is 0 Å². The number of hydrogen-bond donors (Lipinski definition) is 3. The first kappa shape index (κ1) is 11.9. The predicted octanol–water partition coefficient (Wildman–Crippen LogP) is 4.14. The molecule has 1 aromatic heterocycles. The van der Waals surface area contributed by atoms with Gasteiger partial charge in [-0.25, -0.2) is 0 Å². The zero-order chi connectivity index (χ0) is 13.2. The average molecular weight is 273 g/mol. The lowest BCUT2D eigenvalue weighted by molar-refractivity contribution is 0.475. The smallest absolute Gasteiger partial charge is 0.134 e. The van der Waals surface area contributed by atoms with Gasteiger partial charge in [0.2, 0.25) is 0 Å². The lowest BCUT2D eigenvalue weighted by Crippen LogP contribution is -1.98. The summed E-state index contributed by atoms with van der Waals surface area (Å²) in [6, 6.07) is 13.4. The number of aromatic amines is 1. The van der Waals surface area contributed by atoms with Gasteiger partial charge in [-0.15, -0.1) is 0 Å². The molecule has 0 aliphatic heterocycles. The highest BCUT2D eigenvalue weighted by Gasteiger charge is 2.01. The van der Waals surface area contributed by atoms with Crippen LogP contribution in [0.4, 0.5) is 5.69 Å². The summed E-state index contributed by atoms with van der Waals surface area (Å²) in [6.45, 7) is 0.711. The van der Waals surface area contributed by atoms with Crippen molar-refractivity contribution >= 4 is 28.2 Å². The Labute approximate surface area is 115 Å². The number of anilines is 1. The third-order valence-corrected chi connectivity index (χ3v) is 3.36. The molecule has 0 amide bonds. The summed E-state index contributed by atoms with van der Waals surface area (Å²) in [5, 5.41) is 14.2. The minimum atomic E-state index is 0.0981. The lowest BCUT2D eigenvalue weighted by Gasteiger charge is -2.08. The maximum atomic E-state index is 9.36. The predicted molar refractivity (Wildman–Crippen MR) is 78.7 cm³/mol. The van der Waals surface area contributed by atoms with E-state index in [1.165, 1.54) is 10.9 Å². The summed E-state index contributed by atoms with van der Waals surface area (Å²) >= 11 is 5.86. The number of H-pyrrole nitrogens is 1. The summed E-state index contributed by atoms with van der Waals surface area (Å²) in [5.41, 5.74) is 3.21. The number of fused-ring (bicyclic) bond motifs is 1. The summed E-state index contributed by atoms with van der Waals surface area (Å²) in [4.78, 5) is 3.17. The number of benzene rings is 2. The molecular weight excluding hydrogens is 260 g/mol. The number of phenolic OH excluding ortho intramolecular Hbond substituents is 1. The van der Waals surface area contributed by atoms with Gasteiger partial charge in [0, 0.05) is 23.9 Å². The van der Waals surface area contributed by atoms with Crippen molar-refractivity contribution in [2.45, 2.75) is 6.54 Å². The second-order valence-electron chi connectivity index (χ2n) is 4.42. The minimum absolute atomic E-state index is 0.0981. The molecule has 0 fully saturated rings. The standard InChI is InChI=1S/C15H13ClN2O/c16-13-8-12(2-4-15(13)19)18-9-10-1-3-14-11(7-10)5-6-17-14/h1-8,17-19H,9H2. The molecule has 2 aromatic carbocycles. The van der Waals surface area contributed by atoms with Crippen molar-refractivity contribution in [1.82, 2.24) is 4.98 Å². The summed E-state index contributed by atoms with van der Waals surface area (Å²) in [6.07, 6.45) is 1.93. The minimum Gasteiger partial charge on any atom is -0.506 e. The van der Waals surface area contributed by atoms with Crippen LogP contribution in [-0.4, -0.2) is 10.1 Å². The average Bonchev–Trinajstić information content (AvgIpc) is 2.87. The number of hydrogen-bond acceptors (Lipinski definition) is 2. The van der Waals surface area contributed by atoms with E-state index in [0.29, 0.717) is 11.6 Å². The van der Waals surface area contributed by atoms with Crippen LogP contribution in [0.3, 0.4) is 0 Å². The molecule has 0 bridgehead atoms. The second-order valence-corrected chi connectivity index (χ2v) is 4.83. The zero-order valence-corrected chi connectivity index (χ0v) is 10.9. The lowest BCUT2D eigenvalue weighted by atomic mass is 10.1. The Hall–Kier alpha value is -2.13. The van der Waals surface area contributed by atoms with Gasteiger partial charge in [-0.1, -0.05) is 17.7 Å². The zero-order valence-electron chi connectivity index (χ0n) is 10.2. The molecule has 3 rings (SSSR count). The first-order chi connectivity index (χ1) is 9.22. The van der Waals surface area contributed by atoms with E-state index in [-0.39, 0.29) is 5.75 Å². The molecule has 3 nitrogen and oxygen atoms in total. The third kappa shape index (κ3) is 2.51. The van der Waals surface area contributed by atoms with E-state index in [2.05, 4.69) is 34.6 Å². The van der Waals surface area contributed by atoms with Crippen LogP contribution in [0.5, 0.6) is 5.75 Å². The van der Waals surface area contributed by atoms with E-state index < -0.39 is 0 Å². The van der Waals surface area contributed by atoms with Gasteiger partial charge in [0.1, 0.15) is 5.75 Å². The summed E-state index contributed by atoms with van der Waals surface area (Å²) in [7, 11) is 0. The quantitative estimate of drug-likeness (QED) is 0.628. The molecule has 3 aromatic rings. The van der Waals surface area contributed by atoms with Crippen LogP contribution in [0.15, 0.2) is 48.7 Å². The van der Waals surface area contributed by atoms with Crippen molar-refractivity contribution < 1.29 is 5.11 Å². The van der Waals surface area contributed by atoms with E-state index in [4.69, 9.17) is 11.6 Å². The highest BCUT2D eigenvalue weighted by molar-refractivity contribution is 6.32. The van der Waals surface area contributed by atoms with Crippen LogP contribution < -0.4 is 5.32 Å². The molecule has 3 N–H and O–H groups in total. The van der Waals surface area contributed by atoms with E-state index >= 15 is 0 Å². The Morgan fingerprint density at radius 2 is 2.00 bits per heavy atom. The van der Waals surface area contributed by atoms with Gasteiger partial charge in [0.15, 0.2) is 0 Å². The fourth-order valence-corrected chi connectivity index (χ4v) is 2.21. The highest BCUT2D eigenvalue weighted by Crippen LogP contribution is 2.26. The van der Waals surface area contributed by atoms with E-state index in [1.807, 2.05) is 6.20 Å². The number of nitrogens with one attached hydrogen (secondary N) is 2. The van der Waals surface area contributed by atoms with Crippen molar-refractivity contribution in [2.75, 3.05) is 5.32 Å². The Morgan fingerprint density at radius 1 is 1.11 bits per heavy atom. The maximum Gasteiger partial charge on any atom is 0.134 e. The first-order valence-electron chi connectivity index (χ1n) is 6.01. The molecule has 19 heavy (non-hydrogen) atoms. The molecule has 0 radical (unpaired) electrons. The topological polar surface area (TPSA) is 48.0 Å². The number of aromatic hydroxyl groups is 1. The molecule has 0 saturated carbocycles. The van der Waals surface area contributed by atoms with E-state index in [9.17, 15) is 5.11 Å². The highest BCUT2D eigenvalue weighted by atomic mass is 35.5. The van der Waals surface area contributed by atoms with Crippen LogP contribution in [-0.2, 0) is 6.54 Å². The van der Waals surface area contributed by atoms with Gasteiger partial charge in [0.05, 0.1) is 5.02 Å². The fourth-order valence-electron chi connectivity index (χ4n) is 2.03. The summed E-state index contributed by atoms with van der Waals surface area (Å²) < 4.78 is 0. The molecule has 0 atom stereocenters. The SMILES string of the molecule is Oc1ccc(NCc2ccc3[nH]ccc3c2)cc1Cl. The van der Waals surface area contributed by atoms with E-state index in [0.717, 1.165) is 11.2 Å². The monoisotopic (exact) mass is 272 g/mol. The van der Waals surface area contributed by atoms with Crippen molar-refractivity contribution in [2.24, 2.45) is 0 Å². The Morgan fingerprint density at radius 3 is 2.84 bits per heavy atom. The van der Waals surface area contributed by atoms with Crippen LogP contribution in [0.25, 0.3) is 10.9 Å². The summed E-state index contributed by atoms with van der Waals surface area (Å²) in [5.74, 6) is 0.0981. The Balaban J connectivity index is 1.75. The van der Waals surface area contributed by atoms with Gasteiger partial charge in [-0.3, -0.25) is 0 Å².